The molecule has 2 fully saturated rings. The van der Waals surface area contributed by atoms with Crippen LogP contribution in [0.5, 0.6) is 5.75 Å². The first-order valence-electron chi connectivity index (χ1n) is 16.6. The van der Waals surface area contributed by atoms with Crippen LogP contribution in [-0.4, -0.2) is 68.0 Å². The summed E-state index contributed by atoms with van der Waals surface area (Å²) in [5.74, 6) is 0.0511. The molecule has 1 atom stereocenters. The molecule has 0 saturated carbocycles. The average molecular weight is 644 g/mol. The van der Waals surface area contributed by atoms with Gasteiger partial charge in [0.2, 0.25) is 0 Å². The zero-order valence-corrected chi connectivity index (χ0v) is 28.4. The molecule has 47 heavy (non-hydrogen) atoms. The Morgan fingerprint density at radius 2 is 1.87 bits per heavy atom. The molecule has 2 aliphatic heterocycles. The maximum atomic E-state index is 15.8. The van der Waals surface area contributed by atoms with Crippen LogP contribution in [0.25, 0.3) is 22.3 Å². The zero-order valence-electron chi connectivity index (χ0n) is 28.4. The highest BCUT2D eigenvalue weighted by Crippen LogP contribution is 2.35. The van der Waals surface area contributed by atoms with E-state index in [0.717, 1.165) is 41.5 Å². The number of halogens is 1. The largest absolute Gasteiger partial charge is 0.489 e. The number of hydrogen-bond donors (Lipinski definition) is 0. The summed E-state index contributed by atoms with van der Waals surface area (Å²) < 4.78 is 35.5. The van der Waals surface area contributed by atoms with E-state index in [1.807, 2.05) is 73.7 Å². The van der Waals surface area contributed by atoms with E-state index < -0.39 is 17.0 Å². The molecule has 0 spiro atoms. The highest BCUT2D eigenvalue weighted by atomic mass is 19.1. The van der Waals surface area contributed by atoms with Crippen molar-refractivity contribution in [2.75, 3.05) is 26.2 Å². The van der Waals surface area contributed by atoms with E-state index in [0.29, 0.717) is 62.0 Å². The second-order valence-corrected chi connectivity index (χ2v) is 14.3. The molecule has 2 aromatic heterocycles. The molecular weight excluding hydrogens is 597 g/mol. The molecule has 1 unspecified atom stereocenters. The number of rotatable bonds is 7. The topological polar surface area (TPSA) is 82.0 Å². The van der Waals surface area contributed by atoms with Gasteiger partial charge in [0.05, 0.1) is 16.9 Å². The van der Waals surface area contributed by atoms with E-state index in [9.17, 15) is 4.79 Å². The average Bonchev–Trinajstić information content (AvgIpc) is 3.36. The Bertz CT molecular complexity index is 1730. The van der Waals surface area contributed by atoms with Crippen LogP contribution in [0.3, 0.4) is 0 Å². The maximum absolute atomic E-state index is 15.8. The number of benzene rings is 2. The van der Waals surface area contributed by atoms with E-state index in [-0.39, 0.29) is 12.3 Å². The molecule has 2 aromatic carbocycles. The van der Waals surface area contributed by atoms with E-state index >= 15 is 4.39 Å². The second-order valence-electron chi connectivity index (χ2n) is 14.3. The van der Waals surface area contributed by atoms with E-state index in [4.69, 9.17) is 24.3 Å². The summed E-state index contributed by atoms with van der Waals surface area (Å²) in [6, 6.07) is 16.8. The third-order valence-electron chi connectivity index (χ3n) is 8.80. The first-order chi connectivity index (χ1) is 22.4. The van der Waals surface area contributed by atoms with Gasteiger partial charge in [-0.05, 0) is 90.1 Å². The molecule has 9 nitrogen and oxygen atoms in total. The molecule has 0 bridgehead atoms. The minimum absolute atomic E-state index is 0.217. The SMILES string of the molecule is Cc1nn(C2CCCCO2)c2nc(-c3ccc(OCc4ccccc4)cc3F)cc(CN3CCN(C(=O)OC(C)(C)C)C(C)(C)C3)c12. The normalized spacial score (nSPS) is 18.8. The minimum atomic E-state index is -0.565. The van der Waals surface area contributed by atoms with Crippen LogP contribution in [0.1, 0.15) is 76.9 Å². The van der Waals surface area contributed by atoms with Crippen LogP contribution >= 0.6 is 0 Å². The van der Waals surface area contributed by atoms with Crippen molar-refractivity contribution in [3.8, 4) is 17.0 Å². The lowest BCUT2D eigenvalue weighted by molar-refractivity contribution is -0.0371. The number of pyridine rings is 1. The number of ether oxygens (including phenoxy) is 3. The van der Waals surface area contributed by atoms with Crippen LogP contribution in [0.4, 0.5) is 9.18 Å². The lowest BCUT2D eigenvalue weighted by Gasteiger charge is -2.47. The van der Waals surface area contributed by atoms with Gasteiger partial charge in [-0.15, -0.1) is 0 Å². The van der Waals surface area contributed by atoms with Crippen LogP contribution in [0, 0.1) is 12.7 Å². The monoisotopic (exact) mass is 643 g/mol. The zero-order chi connectivity index (χ0) is 33.3. The number of carbonyl (C=O) groups excluding carboxylic acids is 1. The fourth-order valence-corrected chi connectivity index (χ4v) is 6.60. The van der Waals surface area contributed by atoms with Gasteiger partial charge in [0.1, 0.15) is 23.8 Å². The summed E-state index contributed by atoms with van der Waals surface area (Å²) >= 11 is 0. The Kier molecular flexibility index (Phi) is 9.27. The predicted octanol–water partition coefficient (Wildman–Crippen LogP) is 7.66. The van der Waals surface area contributed by atoms with Crippen molar-refractivity contribution in [1.82, 2.24) is 24.6 Å². The third kappa shape index (κ3) is 7.44. The number of amides is 1. The fraction of sp³-hybridized carbons (Fsp3) is 0.486. The first kappa shape index (κ1) is 32.9. The Labute approximate surface area is 276 Å². The van der Waals surface area contributed by atoms with Crippen LogP contribution < -0.4 is 4.74 Å². The number of fused-ring (bicyclic) bond motifs is 1. The standard InChI is InChI=1S/C37H46FN5O4/c1-25-33-27(22-41-17-18-42(37(5,6)24-41)35(44)47-36(2,3)4)20-31(39-34(33)43(40-25)32-14-10-11-19-45-32)29-16-15-28(21-30(29)38)46-23-26-12-8-7-9-13-26/h7-9,12-13,15-16,20-21,32H,10-11,14,17-19,22-24H2,1-6H3. The summed E-state index contributed by atoms with van der Waals surface area (Å²) in [7, 11) is 0. The van der Waals surface area contributed by atoms with Crippen molar-refractivity contribution < 1.29 is 23.4 Å². The van der Waals surface area contributed by atoms with Gasteiger partial charge in [-0.3, -0.25) is 4.90 Å². The van der Waals surface area contributed by atoms with Gasteiger partial charge in [0, 0.05) is 49.8 Å². The third-order valence-corrected chi connectivity index (χ3v) is 8.80. The van der Waals surface area contributed by atoms with Gasteiger partial charge in [-0.2, -0.15) is 5.10 Å². The minimum Gasteiger partial charge on any atom is -0.489 e. The lowest BCUT2D eigenvalue weighted by atomic mass is 9.98. The van der Waals surface area contributed by atoms with Crippen molar-refractivity contribution in [2.45, 2.75) is 91.3 Å². The van der Waals surface area contributed by atoms with Gasteiger partial charge in [0.25, 0.3) is 0 Å². The molecule has 2 aliphatic rings. The van der Waals surface area contributed by atoms with Crippen LogP contribution in [0.15, 0.2) is 54.6 Å². The molecule has 0 radical (unpaired) electrons. The number of hydrogen-bond acceptors (Lipinski definition) is 7. The molecule has 1 amide bonds. The molecule has 4 heterocycles. The summed E-state index contributed by atoms with van der Waals surface area (Å²) in [6.07, 6.45) is 2.40. The second kappa shape index (κ2) is 13.2. The number of piperazine rings is 1. The summed E-state index contributed by atoms with van der Waals surface area (Å²) in [4.78, 5) is 22.2. The quantitative estimate of drug-likeness (QED) is 0.205. The van der Waals surface area contributed by atoms with Crippen molar-refractivity contribution in [2.24, 2.45) is 0 Å². The number of aryl methyl sites for hydroxylation is 1. The summed E-state index contributed by atoms with van der Waals surface area (Å²) in [5, 5.41) is 5.87. The van der Waals surface area contributed by atoms with Gasteiger partial charge in [-0.1, -0.05) is 30.3 Å². The molecule has 10 heteroatoms. The van der Waals surface area contributed by atoms with E-state index in [1.165, 1.54) is 6.07 Å². The molecule has 6 rings (SSSR count). The fourth-order valence-electron chi connectivity index (χ4n) is 6.60. The highest BCUT2D eigenvalue weighted by molar-refractivity contribution is 5.85. The predicted molar refractivity (Wildman–Crippen MR) is 180 cm³/mol. The first-order valence-corrected chi connectivity index (χ1v) is 16.6. The summed E-state index contributed by atoms with van der Waals surface area (Å²) in [5.41, 5.74) is 3.48. The maximum Gasteiger partial charge on any atom is 0.410 e. The van der Waals surface area contributed by atoms with Gasteiger partial charge < -0.3 is 19.1 Å². The molecule has 2 saturated heterocycles. The van der Waals surface area contributed by atoms with Crippen molar-refractivity contribution in [3.05, 3.63) is 77.2 Å². The lowest BCUT2D eigenvalue weighted by Crippen LogP contribution is -2.61. The molecule has 0 N–H and O–H groups in total. The van der Waals surface area contributed by atoms with Crippen molar-refractivity contribution in [1.29, 1.82) is 0 Å². The number of nitrogens with zero attached hydrogens (tertiary/aromatic N) is 5. The van der Waals surface area contributed by atoms with Crippen LogP contribution in [-0.2, 0) is 22.6 Å². The van der Waals surface area contributed by atoms with Crippen LogP contribution in [0.2, 0.25) is 0 Å². The van der Waals surface area contributed by atoms with E-state index in [1.54, 1.807) is 12.1 Å². The molecule has 4 aromatic rings. The molecule has 0 aliphatic carbocycles. The van der Waals surface area contributed by atoms with Crippen molar-refractivity contribution in [3.63, 3.8) is 0 Å². The number of aromatic nitrogens is 3. The van der Waals surface area contributed by atoms with Gasteiger partial charge >= 0.3 is 6.09 Å². The highest BCUT2D eigenvalue weighted by Gasteiger charge is 2.39. The van der Waals surface area contributed by atoms with Gasteiger partial charge in [0.15, 0.2) is 11.9 Å². The smallest absolute Gasteiger partial charge is 0.410 e. The summed E-state index contributed by atoms with van der Waals surface area (Å²) in [6.45, 7) is 15.3. The molecular formula is C37H46FN5O4. The Balaban J connectivity index is 1.32. The Hall–Kier alpha value is -4.02. The number of carbonyl (C=O) groups is 1. The van der Waals surface area contributed by atoms with E-state index in [2.05, 4.69) is 18.7 Å². The van der Waals surface area contributed by atoms with Crippen molar-refractivity contribution >= 4 is 17.1 Å². The Morgan fingerprint density at radius 3 is 2.55 bits per heavy atom. The Morgan fingerprint density at radius 1 is 1.09 bits per heavy atom. The molecule has 250 valence electrons. The van der Waals surface area contributed by atoms with Gasteiger partial charge in [-0.25, -0.2) is 18.9 Å².